The van der Waals surface area contributed by atoms with Crippen molar-refractivity contribution >= 4 is 5.91 Å². The van der Waals surface area contributed by atoms with Gasteiger partial charge in [-0.05, 0) is 51.3 Å². The van der Waals surface area contributed by atoms with Crippen molar-refractivity contribution in [2.75, 3.05) is 0 Å². The zero-order valence-electron chi connectivity index (χ0n) is 19.6. The van der Waals surface area contributed by atoms with E-state index in [0.717, 1.165) is 52.3 Å². The van der Waals surface area contributed by atoms with Crippen molar-refractivity contribution in [2.24, 2.45) is 14.1 Å². The van der Waals surface area contributed by atoms with Gasteiger partial charge in [0.25, 0.3) is 5.91 Å². The van der Waals surface area contributed by atoms with E-state index in [9.17, 15) is 4.79 Å². The highest BCUT2D eigenvalue weighted by atomic mass is 16.2. The van der Waals surface area contributed by atoms with Gasteiger partial charge in [0.15, 0.2) is 5.69 Å². The number of benzene rings is 1. The average Bonchev–Trinajstić information content (AvgIpc) is 3.27. The fraction of sp³-hybridized carbons (Fsp3) is 0.375. The zero-order chi connectivity index (χ0) is 23.3. The van der Waals surface area contributed by atoms with Gasteiger partial charge >= 0.3 is 0 Å². The summed E-state index contributed by atoms with van der Waals surface area (Å²) in [6.45, 7) is 6.04. The van der Waals surface area contributed by atoms with E-state index in [2.05, 4.69) is 44.9 Å². The van der Waals surface area contributed by atoms with Gasteiger partial charge in [-0.2, -0.15) is 10.2 Å². The van der Waals surface area contributed by atoms with E-state index in [1.165, 1.54) is 0 Å². The van der Waals surface area contributed by atoms with Crippen LogP contribution in [0.25, 0.3) is 16.8 Å². The molecular weight excluding hydrogens is 416 g/mol. The summed E-state index contributed by atoms with van der Waals surface area (Å²) in [5, 5.41) is 20.4. The Morgan fingerprint density at radius 2 is 1.88 bits per heavy atom. The average molecular weight is 445 g/mol. The smallest absolute Gasteiger partial charge is 0.274 e. The lowest BCUT2D eigenvalue weighted by Gasteiger charge is -2.12. The van der Waals surface area contributed by atoms with Gasteiger partial charge in [0.05, 0.1) is 29.3 Å². The van der Waals surface area contributed by atoms with Crippen LogP contribution >= 0.6 is 0 Å². The molecule has 0 radical (unpaired) electrons. The monoisotopic (exact) mass is 444 g/mol. The van der Waals surface area contributed by atoms with Gasteiger partial charge in [-0.3, -0.25) is 14.2 Å². The molecule has 1 atom stereocenters. The minimum absolute atomic E-state index is 0.173. The second-order valence-corrected chi connectivity index (χ2v) is 8.87. The molecule has 0 saturated heterocycles. The Hall–Kier alpha value is -3.75. The predicted octanol–water partition coefficient (Wildman–Crippen LogP) is 3.39. The quantitative estimate of drug-likeness (QED) is 0.492. The highest BCUT2D eigenvalue weighted by Gasteiger charge is 2.34. The summed E-state index contributed by atoms with van der Waals surface area (Å²) >= 11 is 0. The molecule has 33 heavy (non-hydrogen) atoms. The van der Waals surface area contributed by atoms with Crippen molar-refractivity contribution in [3.8, 4) is 16.8 Å². The standard InChI is InChI=1S/C24H28N8O/c1-14(19-12-25-30(4)13-19)26-24(33)22-23(18-6-7-18)32(29-27-22)20-10-8-17(9-11-20)21-15(2)28-31(5)16(21)3/h8-14,18H,6-7H2,1-5H3,(H,26,33). The Morgan fingerprint density at radius 3 is 2.45 bits per heavy atom. The van der Waals surface area contributed by atoms with Gasteiger partial charge in [-0.25, -0.2) is 4.68 Å². The Labute approximate surface area is 192 Å². The molecule has 1 amide bonds. The topological polar surface area (TPSA) is 95.4 Å². The molecule has 170 valence electrons. The third kappa shape index (κ3) is 3.83. The molecule has 3 aromatic heterocycles. The molecule has 1 aromatic carbocycles. The number of hydrogen-bond acceptors (Lipinski definition) is 5. The summed E-state index contributed by atoms with van der Waals surface area (Å²) in [6.07, 6.45) is 5.74. The van der Waals surface area contributed by atoms with Crippen LogP contribution in [0.3, 0.4) is 0 Å². The lowest BCUT2D eigenvalue weighted by Crippen LogP contribution is -2.27. The first-order valence-corrected chi connectivity index (χ1v) is 11.2. The molecule has 1 fully saturated rings. The fourth-order valence-electron chi connectivity index (χ4n) is 4.34. The van der Waals surface area contributed by atoms with Crippen molar-refractivity contribution in [2.45, 2.75) is 45.6 Å². The molecule has 1 aliphatic carbocycles. The summed E-state index contributed by atoms with van der Waals surface area (Å²) in [4.78, 5) is 13.1. The van der Waals surface area contributed by atoms with Gasteiger partial charge in [-0.1, -0.05) is 17.3 Å². The van der Waals surface area contributed by atoms with Crippen LogP contribution in [0.2, 0.25) is 0 Å². The third-order valence-corrected chi connectivity index (χ3v) is 6.37. The van der Waals surface area contributed by atoms with Crippen LogP contribution in [-0.4, -0.2) is 40.5 Å². The van der Waals surface area contributed by atoms with Crippen LogP contribution in [0, 0.1) is 13.8 Å². The summed E-state index contributed by atoms with van der Waals surface area (Å²) in [5.74, 6) is 0.0923. The van der Waals surface area contributed by atoms with Crippen molar-refractivity contribution < 1.29 is 4.79 Å². The molecule has 0 spiro atoms. The minimum Gasteiger partial charge on any atom is -0.344 e. The predicted molar refractivity (Wildman–Crippen MR) is 124 cm³/mol. The van der Waals surface area contributed by atoms with Crippen molar-refractivity contribution in [1.29, 1.82) is 0 Å². The SMILES string of the molecule is Cc1nn(C)c(C)c1-c1ccc(-n2nnc(C(=O)NC(C)c3cnn(C)c3)c2C2CC2)cc1. The maximum absolute atomic E-state index is 13.1. The van der Waals surface area contributed by atoms with Gasteiger partial charge in [0, 0.05) is 43.0 Å². The minimum atomic E-state index is -0.210. The van der Waals surface area contributed by atoms with Crippen molar-refractivity contribution in [3.63, 3.8) is 0 Å². The largest absolute Gasteiger partial charge is 0.344 e. The summed E-state index contributed by atoms with van der Waals surface area (Å²) in [7, 11) is 3.82. The lowest BCUT2D eigenvalue weighted by molar-refractivity contribution is 0.0933. The van der Waals surface area contributed by atoms with Gasteiger partial charge in [0.1, 0.15) is 0 Å². The number of amides is 1. The van der Waals surface area contributed by atoms with E-state index in [1.54, 1.807) is 10.9 Å². The molecule has 0 bridgehead atoms. The summed E-state index contributed by atoms with van der Waals surface area (Å²) in [5.41, 5.74) is 7.51. The summed E-state index contributed by atoms with van der Waals surface area (Å²) < 4.78 is 5.44. The molecular formula is C24H28N8O. The molecule has 4 aromatic rings. The normalized spacial score (nSPS) is 14.5. The van der Waals surface area contributed by atoms with Crippen LogP contribution in [0.4, 0.5) is 0 Å². The third-order valence-electron chi connectivity index (χ3n) is 6.37. The van der Waals surface area contributed by atoms with E-state index in [4.69, 9.17) is 0 Å². The summed E-state index contributed by atoms with van der Waals surface area (Å²) in [6, 6.07) is 8.04. The molecule has 1 saturated carbocycles. The van der Waals surface area contributed by atoms with E-state index in [-0.39, 0.29) is 11.9 Å². The second-order valence-electron chi connectivity index (χ2n) is 8.87. The molecule has 3 heterocycles. The molecule has 5 rings (SSSR count). The first-order valence-electron chi connectivity index (χ1n) is 11.2. The molecule has 0 aliphatic heterocycles. The maximum atomic E-state index is 13.1. The molecule has 1 N–H and O–H groups in total. The Morgan fingerprint density at radius 1 is 1.15 bits per heavy atom. The Kier molecular flexibility index (Phi) is 5.11. The van der Waals surface area contributed by atoms with E-state index in [0.29, 0.717) is 11.6 Å². The van der Waals surface area contributed by atoms with Crippen LogP contribution in [0.5, 0.6) is 0 Å². The highest BCUT2D eigenvalue weighted by molar-refractivity contribution is 5.94. The van der Waals surface area contributed by atoms with Gasteiger partial charge in [0.2, 0.25) is 0 Å². The number of carbonyl (C=O) groups is 1. The molecule has 1 unspecified atom stereocenters. The van der Waals surface area contributed by atoms with Crippen molar-refractivity contribution in [3.05, 3.63) is 65.0 Å². The first-order chi connectivity index (χ1) is 15.8. The highest BCUT2D eigenvalue weighted by Crippen LogP contribution is 2.42. The van der Waals surface area contributed by atoms with E-state index >= 15 is 0 Å². The fourth-order valence-corrected chi connectivity index (χ4v) is 4.34. The first kappa shape index (κ1) is 21.1. The number of nitrogens with zero attached hydrogens (tertiary/aromatic N) is 7. The molecule has 9 nitrogen and oxygen atoms in total. The van der Waals surface area contributed by atoms with Gasteiger partial charge in [-0.15, -0.1) is 5.10 Å². The second kappa shape index (κ2) is 7.99. The Balaban J connectivity index is 1.43. The maximum Gasteiger partial charge on any atom is 0.274 e. The van der Waals surface area contributed by atoms with E-state index < -0.39 is 0 Å². The number of rotatable bonds is 6. The van der Waals surface area contributed by atoms with Crippen LogP contribution in [0.1, 0.15) is 64.9 Å². The van der Waals surface area contributed by atoms with Crippen molar-refractivity contribution in [1.82, 2.24) is 39.9 Å². The lowest BCUT2D eigenvalue weighted by atomic mass is 10.0. The number of nitrogens with one attached hydrogen (secondary N) is 1. The van der Waals surface area contributed by atoms with Gasteiger partial charge < -0.3 is 5.32 Å². The molecule has 9 heteroatoms. The number of carbonyl (C=O) groups excluding carboxylic acids is 1. The number of hydrogen-bond donors (Lipinski definition) is 1. The number of aromatic nitrogens is 7. The Bertz CT molecular complexity index is 1320. The van der Waals surface area contributed by atoms with Crippen LogP contribution in [0.15, 0.2) is 36.7 Å². The van der Waals surface area contributed by atoms with E-state index in [1.807, 2.05) is 55.6 Å². The number of aryl methyl sites for hydroxylation is 3. The van der Waals surface area contributed by atoms with Crippen LogP contribution in [-0.2, 0) is 14.1 Å². The van der Waals surface area contributed by atoms with Crippen LogP contribution < -0.4 is 5.32 Å². The molecule has 1 aliphatic rings. The zero-order valence-corrected chi connectivity index (χ0v) is 19.6.